The van der Waals surface area contributed by atoms with Gasteiger partial charge in [0.25, 0.3) is 0 Å². The summed E-state index contributed by atoms with van der Waals surface area (Å²) in [7, 11) is 0. The number of fused-ring (bicyclic) bond motifs is 20. The zero-order valence-electron chi connectivity index (χ0n) is 40.8. The molecule has 0 unspecified atom stereocenters. The first kappa shape index (κ1) is 38.6. The molecule has 1 heteroatoms. The lowest BCUT2D eigenvalue weighted by Gasteiger charge is -2.39. The van der Waals surface area contributed by atoms with Crippen molar-refractivity contribution >= 4 is 44.6 Å². The molecule has 0 N–H and O–H groups in total. The third-order valence-electron chi connectivity index (χ3n) is 18.5. The van der Waals surface area contributed by atoms with Crippen LogP contribution in [-0.4, -0.2) is 6.71 Å². The Kier molecular flexibility index (Phi) is 6.71. The highest BCUT2D eigenvalue weighted by Crippen LogP contribution is 2.62. The smallest absolute Gasteiger partial charge is 0.0619 e. The van der Waals surface area contributed by atoms with Crippen molar-refractivity contribution in [3.8, 4) is 66.8 Å². The van der Waals surface area contributed by atoms with Crippen molar-refractivity contribution in [2.45, 2.75) is 103 Å². The average Bonchev–Trinajstić information content (AvgIpc) is 3.87. The highest BCUT2D eigenvalue weighted by atomic mass is 14.5. The predicted molar refractivity (Wildman–Crippen MR) is 286 cm³/mol. The van der Waals surface area contributed by atoms with Gasteiger partial charge in [-0.25, -0.2) is 0 Å². The van der Waals surface area contributed by atoms with Crippen LogP contribution in [0.2, 0.25) is 0 Å². The summed E-state index contributed by atoms with van der Waals surface area (Å²) in [6.07, 6.45) is 0. The molecule has 9 aromatic rings. The van der Waals surface area contributed by atoms with Gasteiger partial charge >= 0.3 is 0 Å². The Hall–Kier alpha value is -6.44. The summed E-state index contributed by atoms with van der Waals surface area (Å²) in [4.78, 5) is 0. The van der Waals surface area contributed by atoms with Crippen molar-refractivity contribution in [3.63, 3.8) is 0 Å². The fraction of sp³-hybridized carbons (Fsp3) is 0.242. The molecular weight excluding hydrogens is 804 g/mol. The monoisotopic (exact) mass is 858 g/mol. The Bertz CT molecular complexity index is 3650. The van der Waals surface area contributed by atoms with Crippen LogP contribution in [0, 0.1) is 0 Å². The second-order valence-corrected chi connectivity index (χ2v) is 24.3. The lowest BCUT2D eigenvalue weighted by atomic mass is 9.30. The zero-order valence-corrected chi connectivity index (χ0v) is 40.8. The molecule has 0 bridgehead atoms. The molecule has 0 aromatic heterocycles. The minimum Gasteiger partial charge on any atom is -0.0619 e. The van der Waals surface area contributed by atoms with Gasteiger partial charge in [-0.1, -0.05) is 214 Å². The second kappa shape index (κ2) is 11.6. The summed E-state index contributed by atoms with van der Waals surface area (Å²) >= 11 is 0. The van der Waals surface area contributed by atoms with Crippen LogP contribution in [0.4, 0.5) is 0 Å². The summed E-state index contributed by atoms with van der Waals surface area (Å²) < 4.78 is 0. The first-order valence-corrected chi connectivity index (χ1v) is 24.9. The maximum Gasteiger partial charge on any atom is 0.244 e. The van der Waals surface area contributed by atoms with Crippen LogP contribution in [0.5, 0.6) is 0 Å². The van der Waals surface area contributed by atoms with E-state index in [-0.39, 0.29) is 33.8 Å². The van der Waals surface area contributed by atoms with E-state index in [0.717, 1.165) is 0 Å². The predicted octanol–water partition coefficient (Wildman–Crippen LogP) is 15.0. The molecule has 67 heavy (non-hydrogen) atoms. The fourth-order valence-corrected chi connectivity index (χ4v) is 15.4. The van der Waals surface area contributed by atoms with E-state index in [1.54, 1.807) is 0 Å². The van der Waals surface area contributed by atoms with E-state index in [0.29, 0.717) is 0 Å². The highest BCUT2D eigenvalue weighted by Gasteiger charge is 2.50. The second-order valence-electron chi connectivity index (χ2n) is 24.3. The average molecular weight is 859 g/mol. The minimum absolute atomic E-state index is 0.0387. The van der Waals surface area contributed by atoms with E-state index in [9.17, 15) is 0 Å². The van der Waals surface area contributed by atoms with Gasteiger partial charge in [-0.3, -0.25) is 0 Å². The Morgan fingerprint density at radius 2 is 0.701 bits per heavy atom. The summed E-state index contributed by atoms with van der Waals surface area (Å²) in [5, 5.41) is 5.81. The standard InChI is InChI=1S/C66H55B/c1-62(2,3)34-28-43-57-53-37-22-14-18-26-47(37)63(4,5)49(53)30-41-55(57)51(32-39-35-20-12-16-24-45(35)65(8,9)59(39)41)67-52-33-40-36-21-13-17-25-46(36)66(10,11)60(40)42-31-50-54(58(56(42)52)44(29-34)61(43)67)38-23-15-19-27-48(38)64(50,6)7/h12-33H,1-11H3. The lowest BCUT2D eigenvalue weighted by molar-refractivity contribution is 0.591. The zero-order chi connectivity index (χ0) is 45.8. The molecule has 0 nitrogen and oxygen atoms in total. The Balaban J connectivity index is 1.22. The quantitative estimate of drug-likeness (QED) is 0.133. The number of rotatable bonds is 0. The molecule has 322 valence electrons. The van der Waals surface area contributed by atoms with Gasteiger partial charge in [-0.05, 0) is 156 Å². The van der Waals surface area contributed by atoms with Gasteiger partial charge in [-0.15, -0.1) is 0 Å². The Labute approximate surface area is 396 Å². The van der Waals surface area contributed by atoms with Gasteiger partial charge in [0.05, 0.1) is 0 Å². The minimum atomic E-state index is -0.166. The van der Waals surface area contributed by atoms with Crippen LogP contribution in [0.1, 0.15) is 126 Å². The highest BCUT2D eigenvalue weighted by molar-refractivity contribution is 7.01. The molecule has 15 rings (SSSR count). The van der Waals surface area contributed by atoms with Crippen LogP contribution >= 0.6 is 0 Å². The third-order valence-corrected chi connectivity index (χ3v) is 18.5. The summed E-state index contributed by atoms with van der Waals surface area (Å²) in [6.45, 7) is 27.2. The first-order valence-electron chi connectivity index (χ1n) is 24.9. The van der Waals surface area contributed by atoms with Gasteiger partial charge in [0.2, 0.25) is 6.71 Å². The van der Waals surface area contributed by atoms with Crippen LogP contribution in [0.25, 0.3) is 88.3 Å². The Morgan fingerprint density at radius 3 is 1.09 bits per heavy atom. The molecule has 0 radical (unpaired) electrons. The van der Waals surface area contributed by atoms with Gasteiger partial charge in [0.1, 0.15) is 0 Å². The van der Waals surface area contributed by atoms with Gasteiger partial charge in [0, 0.05) is 21.7 Å². The molecule has 0 amide bonds. The van der Waals surface area contributed by atoms with Crippen LogP contribution in [0.15, 0.2) is 133 Å². The van der Waals surface area contributed by atoms with Gasteiger partial charge in [0.15, 0.2) is 0 Å². The van der Waals surface area contributed by atoms with E-state index in [1.165, 1.54) is 155 Å². The molecule has 0 atom stereocenters. The summed E-state index contributed by atoms with van der Waals surface area (Å²) in [5.41, 5.74) is 33.8. The molecule has 0 saturated heterocycles. The largest absolute Gasteiger partial charge is 0.244 e. The normalized spacial score (nSPS) is 17.6. The Morgan fingerprint density at radius 1 is 0.343 bits per heavy atom. The maximum absolute atomic E-state index is 2.70. The molecular formula is C66H55B. The van der Waals surface area contributed by atoms with E-state index in [4.69, 9.17) is 0 Å². The van der Waals surface area contributed by atoms with Crippen molar-refractivity contribution in [1.29, 1.82) is 0 Å². The number of hydrogen-bond acceptors (Lipinski definition) is 0. The van der Waals surface area contributed by atoms with E-state index in [1.807, 2.05) is 0 Å². The van der Waals surface area contributed by atoms with E-state index in [2.05, 4.69) is 210 Å². The van der Waals surface area contributed by atoms with Crippen LogP contribution < -0.4 is 16.4 Å². The molecule has 0 fully saturated rings. The van der Waals surface area contributed by atoms with Crippen molar-refractivity contribution < 1.29 is 0 Å². The van der Waals surface area contributed by atoms with Crippen molar-refractivity contribution in [1.82, 2.24) is 0 Å². The topological polar surface area (TPSA) is 0 Å². The third kappa shape index (κ3) is 4.25. The molecule has 4 aliphatic carbocycles. The SMILES string of the molecule is CC(C)(C)c1cc2c3c(c1)-c1c4c(cc5c6c(cc(c15)B3c1cc3c(c5cc7c(c-2c15)-c1ccccc1C7(C)C)C(C)(C)c1ccccc1-3)-c1ccccc1C6(C)C)C(C)(C)c1ccccc1-4. The van der Waals surface area contributed by atoms with Gasteiger partial charge < -0.3 is 0 Å². The molecule has 2 heterocycles. The van der Waals surface area contributed by atoms with Crippen LogP contribution in [-0.2, 0) is 27.1 Å². The van der Waals surface area contributed by atoms with Crippen molar-refractivity contribution in [3.05, 3.63) is 184 Å². The molecule has 9 aromatic carbocycles. The maximum atomic E-state index is 2.70. The van der Waals surface area contributed by atoms with Crippen LogP contribution in [0.3, 0.4) is 0 Å². The first-order chi connectivity index (χ1) is 31.9. The van der Waals surface area contributed by atoms with Crippen molar-refractivity contribution in [2.24, 2.45) is 0 Å². The molecule has 0 saturated carbocycles. The summed E-state index contributed by atoms with van der Waals surface area (Å²) in [5.74, 6) is 0. The molecule has 2 aliphatic heterocycles. The fourth-order valence-electron chi connectivity index (χ4n) is 15.4. The summed E-state index contributed by atoms with van der Waals surface area (Å²) in [6, 6.07) is 53.5. The number of hydrogen-bond donors (Lipinski definition) is 0. The molecule has 0 spiro atoms. The van der Waals surface area contributed by atoms with Crippen molar-refractivity contribution in [2.75, 3.05) is 0 Å². The van der Waals surface area contributed by atoms with Gasteiger partial charge in [-0.2, -0.15) is 0 Å². The lowest BCUT2D eigenvalue weighted by Crippen LogP contribution is -2.58. The number of benzene rings is 9. The van der Waals surface area contributed by atoms with E-state index < -0.39 is 0 Å². The molecule has 6 aliphatic rings. The van der Waals surface area contributed by atoms with E-state index >= 15 is 0 Å².